The molecule has 5 rings (SSSR count). The molecule has 0 aromatic heterocycles. The van der Waals surface area contributed by atoms with Gasteiger partial charge >= 0.3 is 14.3 Å². The van der Waals surface area contributed by atoms with Crippen LogP contribution >= 0.6 is 11.8 Å². The van der Waals surface area contributed by atoms with E-state index in [4.69, 9.17) is 13.6 Å². The van der Waals surface area contributed by atoms with Crippen molar-refractivity contribution < 1.29 is 51.9 Å². The number of thioether (sulfide) groups is 1. The van der Waals surface area contributed by atoms with Crippen LogP contribution in [0.5, 0.6) is 5.75 Å². The van der Waals surface area contributed by atoms with E-state index in [1.54, 1.807) is 13.8 Å². The summed E-state index contributed by atoms with van der Waals surface area (Å²) in [5.41, 5.74) is 1.03. The van der Waals surface area contributed by atoms with Gasteiger partial charge in [0.2, 0.25) is 29.5 Å². The van der Waals surface area contributed by atoms with Crippen LogP contribution in [0.4, 0.5) is 0 Å². The lowest BCUT2D eigenvalue weighted by molar-refractivity contribution is -0.157. The van der Waals surface area contributed by atoms with Gasteiger partial charge in [0.1, 0.15) is 53.8 Å². The van der Waals surface area contributed by atoms with E-state index in [0.717, 1.165) is 23.2 Å². The number of unbranched alkanes of at least 4 members (excludes halogenated alkanes) is 2. The molecule has 7 amide bonds. The summed E-state index contributed by atoms with van der Waals surface area (Å²) in [5, 5.41) is 18.5. The monoisotopic (exact) mass is 1300 g/mol. The number of esters is 1. The average Bonchev–Trinajstić information content (AvgIpc) is 0.800. The quantitative estimate of drug-likeness (QED) is 0.0168. The molecule has 18 nitrogen and oxygen atoms in total. The summed E-state index contributed by atoms with van der Waals surface area (Å²) in [6.07, 6.45) is 4.69. The number of hydrogen-bond donors (Lipinski definition) is 6. The zero-order valence-electron chi connectivity index (χ0n) is 56.3. The van der Waals surface area contributed by atoms with Gasteiger partial charge in [-0.3, -0.25) is 33.6 Å². The third kappa shape index (κ3) is 21.0. The molecule has 0 bridgehead atoms. The number of carbonyl (C=O) groups excluding carboxylic acids is 8. The second kappa shape index (κ2) is 34.5. The largest absolute Gasteiger partial charge is 0.534 e. The lowest BCUT2D eigenvalue weighted by Crippen LogP contribution is -2.68. The maximum Gasteiger partial charge on any atom is 0.329 e. The van der Waals surface area contributed by atoms with Crippen molar-refractivity contribution in [3.05, 3.63) is 138 Å². The summed E-state index contributed by atoms with van der Waals surface area (Å²) in [6.45, 7) is 25.7. The Morgan fingerprint density at radius 3 is 1.86 bits per heavy atom. The van der Waals surface area contributed by atoms with Crippen LogP contribution in [0, 0.1) is 5.92 Å². The summed E-state index contributed by atoms with van der Waals surface area (Å²) in [7, 11) is -3.86. The van der Waals surface area contributed by atoms with Gasteiger partial charge in [-0.25, -0.2) is 4.79 Å². The Balaban J connectivity index is 1.64. The molecule has 0 radical (unpaired) electrons. The van der Waals surface area contributed by atoms with Crippen molar-refractivity contribution in [2.75, 3.05) is 25.7 Å². The van der Waals surface area contributed by atoms with Crippen molar-refractivity contribution >= 4 is 86.1 Å². The van der Waals surface area contributed by atoms with Gasteiger partial charge < -0.3 is 50.4 Å². The number of rotatable bonds is 24. The van der Waals surface area contributed by atoms with E-state index in [1.165, 1.54) is 43.6 Å². The third-order valence-electron chi connectivity index (χ3n) is 17.2. The molecule has 1 saturated heterocycles. The van der Waals surface area contributed by atoms with Crippen LogP contribution in [0.15, 0.2) is 127 Å². The molecule has 4 aromatic carbocycles. The predicted octanol–water partition coefficient (Wildman–Crippen LogP) is 8.42. The highest BCUT2D eigenvalue weighted by Gasteiger charge is 2.52. The van der Waals surface area contributed by atoms with Gasteiger partial charge in [-0.2, -0.15) is 11.8 Å². The Kier molecular flexibility index (Phi) is 28.3. The molecular weight excluding hydrogens is 1200 g/mol. The minimum atomic E-state index is -3.07. The molecule has 0 saturated carbocycles. The number of likely N-dealkylation sites (N-methyl/N-ethyl adjacent to an activating group) is 1. The number of cyclic esters (lactones) is 1. The molecule has 7 atom stereocenters. The number of ether oxygens (including phenoxy) is 1. The van der Waals surface area contributed by atoms with Gasteiger partial charge in [-0.05, 0) is 114 Å². The van der Waals surface area contributed by atoms with Crippen molar-refractivity contribution in [2.45, 2.75) is 199 Å². The van der Waals surface area contributed by atoms with Gasteiger partial charge in [0.25, 0.3) is 11.8 Å². The molecule has 2 unspecified atom stereocenters. The highest BCUT2D eigenvalue weighted by atomic mass is 32.2. The number of nitrogens with zero attached hydrogens (tertiary/aromatic N) is 1. The standard InChI is InChI=1S/C70H101N7O11SSi2/c1-16-18-22-37-59(78)71-56(42-44-89-13)64(81)76-61-48(5)87-68(85)60(47(3)4)75-65(82)58(46-50-38-40-51(41-39-50)88-91(70(9,10)11,52-32-25-20-26-33-52)53-34-27-21-28-35-53)77(12)67(84)57(45-49-30-23-19-24-31-49)74-63(80)55(73-62(79)54(17-2)72-66(61)83)36-29-43-86-90(14,15)69(6,7)8/h17,19-21,23-28,30-35,38-41,47-48,55-58,60-61H,16,18,22,29,36-37,42-46H2,1-15H3,(H,71,78)(H,72,83)(H,73,79)(H,74,80)(H,75,82)(H,76,81)/b54-17-/t48-,55+,56+,57+,58?,60+,61?/m1/s1. The Morgan fingerprint density at radius 1 is 0.736 bits per heavy atom. The van der Waals surface area contributed by atoms with Crippen LogP contribution in [0.3, 0.4) is 0 Å². The van der Waals surface area contributed by atoms with Crippen LogP contribution in [0.25, 0.3) is 0 Å². The van der Waals surface area contributed by atoms with Gasteiger partial charge in [0.05, 0.1) is 0 Å². The topological polar surface area (TPSA) is 240 Å². The molecule has 0 aliphatic carbocycles. The lowest BCUT2D eigenvalue weighted by atomic mass is 9.99. The van der Waals surface area contributed by atoms with Crippen LogP contribution in [0.2, 0.25) is 23.2 Å². The highest BCUT2D eigenvalue weighted by molar-refractivity contribution is 7.98. The number of nitrogens with one attached hydrogen (secondary N) is 6. The molecule has 1 fully saturated rings. The van der Waals surface area contributed by atoms with Crippen LogP contribution in [-0.4, -0.2) is 137 Å². The van der Waals surface area contributed by atoms with Gasteiger partial charge in [0.15, 0.2) is 8.32 Å². The van der Waals surface area contributed by atoms with E-state index < -0.39 is 106 Å². The van der Waals surface area contributed by atoms with E-state index in [2.05, 4.69) is 111 Å². The molecule has 91 heavy (non-hydrogen) atoms. The molecule has 1 aliphatic heterocycles. The predicted molar refractivity (Wildman–Crippen MR) is 367 cm³/mol. The minimum Gasteiger partial charge on any atom is -0.534 e. The zero-order valence-corrected chi connectivity index (χ0v) is 59.1. The van der Waals surface area contributed by atoms with Crippen molar-refractivity contribution in [2.24, 2.45) is 5.92 Å². The fourth-order valence-corrected chi connectivity index (χ4v) is 16.7. The van der Waals surface area contributed by atoms with Gasteiger partial charge in [-0.15, -0.1) is 0 Å². The van der Waals surface area contributed by atoms with E-state index in [-0.39, 0.29) is 60.4 Å². The highest BCUT2D eigenvalue weighted by Crippen LogP contribution is 2.38. The SMILES string of the molecule is C/C=C1\NC(=O)C(NC(=O)[C@H](CCSC)NC(=O)CCCCC)[C@@H](C)OC(=O)[C@H](C(C)C)NC(=O)C(Cc2ccc(O[Si](c3ccccc3)(c3ccccc3)C(C)(C)C)cc2)N(C)C(=O)[C@H](Cc2ccccc2)NC(=O)[C@H](CCCO[Si](C)(C)C(C)(C)C)NC1=O. The van der Waals surface area contributed by atoms with Crippen molar-refractivity contribution in [3.8, 4) is 5.75 Å². The minimum absolute atomic E-state index is 0.0175. The van der Waals surface area contributed by atoms with E-state index >= 15 is 14.4 Å². The maximum atomic E-state index is 15.5. The first kappa shape index (κ1) is 74.7. The summed E-state index contributed by atoms with van der Waals surface area (Å²) in [4.78, 5) is 119. The van der Waals surface area contributed by atoms with Crippen LogP contribution in [0.1, 0.15) is 132 Å². The van der Waals surface area contributed by atoms with E-state index in [9.17, 15) is 24.0 Å². The molecule has 6 N–H and O–H groups in total. The first-order chi connectivity index (χ1) is 43.0. The van der Waals surface area contributed by atoms with Crippen molar-refractivity contribution in [1.82, 2.24) is 36.8 Å². The van der Waals surface area contributed by atoms with Crippen molar-refractivity contribution in [3.63, 3.8) is 0 Å². The summed E-state index contributed by atoms with van der Waals surface area (Å²) in [5.74, 6) is -5.52. The second-order valence-electron chi connectivity index (χ2n) is 26.5. The summed E-state index contributed by atoms with van der Waals surface area (Å²) >= 11 is 1.46. The van der Waals surface area contributed by atoms with E-state index in [1.807, 2.05) is 104 Å². The van der Waals surface area contributed by atoms with E-state index in [0.29, 0.717) is 35.5 Å². The number of allylic oxidation sites excluding steroid dienone is 1. The smallest absolute Gasteiger partial charge is 0.329 e. The van der Waals surface area contributed by atoms with Gasteiger partial charge in [0, 0.05) is 32.9 Å². The maximum absolute atomic E-state index is 15.5. The Hall–Kier alpha value is -7.08. The number of hydrogen-bond acceptors (Lipinski definition) is 12. The summed E-state index contributed by atoms with van der Waals surface area (Å²) < 4.78 is 19.9. The molecule has 0 spiro atoms. The lowest BCUT2D eigenvalue weighted by Gasteiger charge is -2.43. The average molecular weight is 1300 g/mol. The van der Waals surface area contributed by atoms with Crippen molar-refractivity contribution in [1.29, 1.82) is 0 Å². The zero-order chi connectivity index (χ0) is 67.3. The molecule has 1 aliphatic rings. The first-order valence-electron chi connectivity index (χ1n) is 32.0. The van der Waals surface area contributed by atoms with Gasteiger partial charge in [-0.1, -0.05) is 184 Å². The molecular formula is C70H101N7O11SSi2. The second-order valence-corrected chi connectivity index (χ2v) is 36.5. The number of carbonyl (C=O) groups is 8. The third-order valence-corrected chi connectivity index (χ3v) is 27.3. The Bertz CT molecular complexity index is 3050. The summed E-state index contributed by atoms with van der Waals surface area (Å²) in [6, 6.07) is 28.9. The first-order valence-corrected chi connectivity index (χ1v) is 38.2. The Labute approximate surface area is 547 Å². The van der Waals surface area contributed by atoms with Crippen LogP contribution in [-0.2, 0) is 60.4 Å². The normalized spacial score (nSPS) is 20.4. The Morgan fingerprint density at radius 2 is 1.32 bits per heavy atom. The molecule has 496 valence electrons. The van der Waals surface area contributed by atoms with Crippen LogP contribution < -0.4 is 46.7 Å². The molecule has 4 aromatic rings. The fourth-order valence-electron chi connectivity index (χ4n) is 10.7. The number of benzene rings is 4. The number of amides is 7. The fraction of sp³-hybridized carbons (Fsp3) is 0.514. The molecule has 1 heterocycles. The molecule has 21 heteroatoms.